The van der Waals surface area contributed by atoms with E-state index in [1.54, 1.807) is 0 Å². The predicted molar refractivity (Wildman–Crippen MR) is 86.2 cm³/mol. The van der Waals surface area contributed by atoms with Crippen molar-refractivity contribution in [3.63, 3.8) is 0 Å². The Morgan fingerprint density at radius 3 is 1.90 bits per heavy atom. The van der Waals surface area contributed by atoms with Crippen molar-refractivity contribution < 1.29 is 5.11 Å². The van der Waals surface area contributed by atoms with Gasteiger partial charge in [-0.1, -0.05) is 0 Å². The summed E-state index contributed by atoms with van der Waals surface area (Å²) in [6.07, 6.45) is 2.00. The molecule has 0 radical (unpaired) electrons. The molecule has 0 unspecified atom stereocenters. The zero-order valence-corrected chi connectivity index (χ0v) is 16.6. The van der Waals surface area contributed by atoms with Crippen LogP contribution >= 0.6 is 0 Å². The number of benzene rings is 2. The van der Waals surface area contributed by atoms with E-state index in [1.165, 1.54) is 17.5 Å². The summed E-state index contributed by atoms with van der Waals surface area (Å²) in [4.78, 5) is 0. The van der Waals surface area contributed by atoms with Crippen LogP contribution in [0.3, 0.4) is 0 Å². The number of aliphatic hydroxyl groups excluding tert-OH is 1. The van der Waals surface area contributed by atoms with E-state index in [9.17, 15) is 5.11 Å². The number of rotatable bonds is 4. The van der Waals surface area contributed by atoms with Crippen LogP contribution in [-0.4, -0.2) is 52.6 Å². The number of hydrogen-bond acceptors (Lipinski definition) is 2. The number of nitrogens with zero attached hydrogens (tertiary/aromatic N) is 1. The molecule has 106 valence electrons. The molecule has 3 heteroatoms. The molecule has 21 heavy (non-hydrogen) atoms. The van der Waals surface area contributed by atoms with Crippen LogP contribution in [0.1, 0.15) is 29.9 Å². The van der Waals surface area contributed by atoms with Crippen molar-refractivity contribution >= 4 is 26.1 Å². The molecular formula is C18H20NOTl. The van der Waals surface area contributed by atoms with Gasteiger partial charge in [-0.2, -0.15) is 0 Å². The average Bonchev–Trinajstić information content (AvgIpc) is 2.96. The Labute approximate surface area is 142 Å². The summed E-state index contributed by atoms with van der Waals surface area (Å²) in [5.74, 6) is 0.0664. The molecule has 1 fully saturated rings. The molecule has 2 aromatic rings. The molecule has 2 nitrogen and oxygen atoms in total. The normalized spacial score (nSPS) is 20.7. The topological polar surface area (TPSA) is 23.5 Å². The Balaban J connectivity index is 1.96. The summed E-state index contributed by atoms with van der Waals surface area (Å²) in [7, 11) is 0. The van der Waals surface area contributed by atoms with E-state index in [-0.39, 0.29) is 12.0 Å². The van der Waals surface area contributed by atoms with E-state index in [4.69, 9.17) is 0 Å². The molecule has 0 aromatic heterocycles. The minimum atomic E-state index is -0.331. The molecule has 2 atom stereocenters. The Bertz CT molecular complexity index is 520. The van der Waals surface area contributed by atoms with E-state index in [0.717, 1.165) is 39.0 Å². The first-order valence-corrected chi connectivity index (χ1v) is 9.57. The Hall–Kier alpha value is -0.718. The summed E-state index contributed by atoms with van der Waals surface area (Å²) in [6, 6.07) is 21.2. The van der Waals surface area contributed by atoms with Gasteiger partial charge in [0.25, 0.3) is 0 Å². The third kappa shape index (κ3) is 3.38. The van der Waals surface area contributed by atoms with Crippen molar-refractivity contribution in [3.05, 3.63) is 71.8 Å². The first-order valence-electron chi connectivity index (χ1n) is 7.56. The van der Waals surface area contributed by atoms with Crippen LogP contribution < -0.4 is 0 Å². The third-order valence-corrected chi connectivity index (χ3v) is 6.89. The van der Waals surface area contributed by atoms with E-state index in [0.29, 0.717) is 6.04 Å². The van der Waals surface area contributed by atoms with Gasteiger partial charge in [-0.05, 0) is 0 Å². The zero-order chi connectivity index (χ0) is 14.7. The van der Waals surface area contributed by atoms with Crippen molar-refractivity contribution in [2.24, 2.45) is 0 Å². The van der Waals surface area contributed by atoms with Crippen molar-refractivity contribution in [3.8, 4) is 0 Å². The molecule has 0 spiro atoms. The quantitative estimate of drug-likeness (QED) is 0.695. The van der Waals surface area contributed by atoms with Crippen molar-refractivity contribution in [1.82, 2.24) is 2.71 Å². The molecule has 1 aliphatic heterocycles. The van der Waals surface area contributed by atoms with Gasteiger partial charge in [-0.15, -0.1) is 0 Å². The molecule has 2 aromatic carbocycles. The van der Waals surface area contributed by atoms with Crippen molar-refractivity contribution in [1.29, 1.82) is 0 Å². The first kappa shape index (κ1) is 15.2. The fourth-order valence-corrected chi connectivity index (χ4v) is 5.29. The summed E-state index contributed by atoms with van der Waals surface area (Å²) >= 11 is 0.810. The van der Waals surface area contributed by atoms with Crippen LogP contribution in [0.25, 0.3) is 0 Å². The maximum absolute atomic E-state index is 11.1. The molecule has 0 amide bonds. The average molecular weight is 471 g/mol. The Morgan fingerprint density at radius 2 is 1.48 bits per heavy atom. The second-order valence-electron chi connectivity index (χ2n) is 5.74. The standard InChI is InChI=1S/C18H20NO.Tl/c20-18(16-12-7-13-19-16)17(14-8-3-1-4-9-14)15-10-5-2-6-11-15;/h1-6,8-11,16-18,20H,7,12-13H2;/q-1;+1/t16-,18-;/m0./s1. The Morgan fingerprint density at radius 1 is 0.952 bits per heavy atom. The van der Waals surface area contributed by atoms with Crippen molar-refractivity contribution in [2.75, 3.05) is 6.54 Å². The van der Waals surface area contributed by atoms with Gasteiger partial charge in [0.1, 0.15) is 0 Å². The van der Waals surface area contributed by atoms with Crippen molar-refractivity contribution in [2.45, 2.75) is 30.9 Å². The summed E-state index contributed by atoms with van der Waals surface area (Å²) in [5.41, 5.74) is 2.42. The van der Waals surface area contributed by atoms with Gasteiger partial charge in [0.05, 0.1) is 0 Å². The van der Waals surface area contributed by atoms with E-state index >= 15 is 0 Å². The molecule has 1 saturated heterocycles. The molecular weight excluding hydrogens is 451 g/mol. The molecule has 0 saturated carbocycles. The van der Waals surface area contributed by atoms with Crippen LogP contribution in [0.5, 0.6) is 0 Å². The predicted octanol–water partition coefficient (Wildman–Crippen LogP) is 2.73. The zero-order valence-electron chi connectivity index (χ0n) is 12.1. The number of aliphatic hydroxyl groups is 1. The van der Waals surface area contributed by atoms with Gasteiger partial charge < -0.3 is 0 Å². The number of hydrogen-bond donors (Lipinski definition) is 1. The van der Waals surface area contributed by atoms with Crippen LogP contribution in [0.4, 0.5) is 0 Å². The third-order valence-electron chi connectivity index (χ3n) is 4.40. The monoisotopic (exact) mass is 471 g/mol. The van der Waals surface area contributed by atoms with E-state index in [1.807, 2.05) is 12.1 Å². The van der Waals surface area contributed by atoms with E-state index < -0.39 is 0 Å². The second kappa shape index (κ2) is 7.03. The van der Waals surface area contributed by atoms with Gasteiger partial charge in [-0.25, -0.2) is 0 Å². The second-order valence-corrected chi connectivity index (χ2v) is 8.32. The fraction of sp³-hybridized carbons (Fsp3) is 0.333. The van der Waals surface area contributed by atoms with Crippen LogP contribution in [-0.2, 0) is 0 Å². The molecule has 1 heterocycles. The van der Waals surface area contributed by atoms with Gasteiger partial charge >= 0.3 is 143 Å². The van der Waals surface area contributed by atoms with Crippen LogP contribution in [0.15, 0.2) is 60.7 Å². The summed E-state index contributed by atoms with van der Waals surface area (Å²) < 4.78 is 2.46. The molecule has 1 N–H and O–H groups in total. The van der Waals surface area contributed by atoms with Gasteiger partial charge in [0, 0.05) is 0 Å². The van der Waals surface area contributed by atoms with Crippen LogP contribution in [0, 0.1) is 0 Å². The molecule has 0 aliphatic carbocycles. The SMILES string of the molecule is O[C@H](C(c1ccccc1)c1ccccc1)[C@@H]1CCC[N]1[Tl]. The fourth-order valence-electron chi connectivity index (χ4n) is 3.31. The summed E-state index contributed by atoms with van der Waals surface area (Å²) in [6.45, 7) is 1.16. The first-order chi connectivity index (χ1) is 10.3. The molecule has 3 rings (SSSR count). The van der Waals surface area contributed by atoms with Gasteiger partial charge in [0.2, 0.25) is 0 Å². The van der Waals surface area contributed by atoms with E-state index in [2.05, 4.69) is 51.2 Å². The van der Waals surface area contributed by atoms with Gasteiger partial charge in [-0.3, -0.25) is 0 Å². The summed E-state index contributed by atoms with van der Waals surface area (Å²) in [5, 5.41) is 11.1. The molecule has 0 bridgehead atoms. The maximum atomic E-state index is 11.1. The minimum absolute atomic E-state index is 0.0664. The molecule has 1 aliphatic rings. The van der Waals surface area contributed by atoms with Gasteiger partial charge in [0.15, 0.2) is 0 Å². The van der Waals surface area contributed by atoms with Crippen LogP contribution in [0.2, 0.25) is 0 Å². The Kier molecular flexibility index (Phi) is 5.08.